The summed E-state index contributed by atoms with van der Waals surface area (Å²) < 4.78 is 11.1. The van der Waals surface area contributed by atoms with Crippen molar-refractivity contribution >= 4 is 5.91 Å². The maximum absolute atomic E-state index is 12.4. The number of fused-ring (bicyclic) bond motifs is 1. The fourth-order valence-corrected chi connectivity index (χ4v) is 2.65. The number of rotatable bonds is 5. The van der Waals surface area contributed by atoms with E-state index in [-0.39, 0.29) is 11.8 Å². The van der Waals surface area contributed by atoms with Crippen molar-refractivity contribution in [3.05, 3.63) is 53.7 Å². The number of benzene rings is 1. The zero-order valence-corrected chi connectivity index (χ0v) is 13.1. The standard InChI is InChI=1S/C18H20N2O3/c1-2-22-18-14(7-5-9-19-18)11-20-17(21)15-10-13-6-3-4-8-16(13)23-12-15/h3-9,15H,2,10-12H2,1H3,(H,20,21)/t15-/m0/s1. The normalized spacial score (nSPS) is 16.1. The van der Waals surface area contributed by atoms with Crippen molar-refractivity contribution in [2.75, 3.05) is 13.2 Å². The van der Waals surface area contributed by atoms with Gasteiger partial charge in [0.15, 0.2) is 0 Å². The van der Waals surface area contributed by atoms with Crippen molar-refractivity contribution in [2.45, 2.75) is 19.9 Å². The second-order valence-corrected chi connectivity index (χ2v) is 5.44. The lowest BCUT2D eigenvalue weighted by atomic mass is 9.96. The summed E-state index contributed by atoms with van der Waals surface area (Å²) >= 11 is 0. The SMILES string of the molecule is CCOc1ncccc1CNC(=O)[C@@H]1COc2ccccc2C1. The van der Waals surface area contributed by atoms with Gasteiger partial charge >= 0.3 is 0 Å². The van der Waals surface area contributed by atoms with E-state index in [1.54, 1.807) is 6.20 Å². The molecule has 0 fully saturated rings. The van der Waals surface area contributed by atoms with E-state index in [1.165, 1.54) is 0 Å². The summed E-state index contributed by atoms with van der Waals surface area (Å²) in [4.78, 5) is 16.6. The minimum atomic E-state index is -0.169. The number of hydrogen-bond donors (Lipinski definition) is 1. The van der Waals surface area contributed by atoms with Crippen LogP contribution < -0.4 is 14.8 Å². The fraction of sp³-hybridized carbons (Fsp3) is 0.333. The van der Waals surface area contributed by atoms with Gasteiger partial charge < -0.3 is 14.8 Å². The van der Waals surface area contributed by atoms with Gasteiger partial charge in [0.05, 0.1) is 12.5 Å². The first-order chi connectivity index (χ1) is 11.3. The molecule has 5 heteroatoms. The summed E-state index contributed by atoms with van der Waals surface area (Å²) in [5, 5.41) is 2.96. The molecule has 0 aliphatic carbocycles. The molecule has 1 aliphatic rings. The molecule has 0 saturated heterocycles. The molecule has 1 aromatic heterocycles. The third kappa shape index (κ3) is 3.62. The number of amides is 1. The molecule has 23 heavy (non-hydrogen) atoms. The van der Waals surface area contributed by atoms with Gasteiger partial charge in [-0.1, -0.05) is 24.3 Å². The van der Waals surface area contributed by atoms with Gasteiger partial charge in [-0.25, -0.2) is 4.98 Å². The highest BCUT2D eigenvalue weighted by Gasteiger charge is 2.25. The van der Waals surface area contributed by atoms with Crippen LogP contribution >= 0.6 is 0 Å². The molecule has 0 saturated carbocycles. The minimum Gasteiger partial charge on any atom is -0.492 e. The first-order valence-electron chi connectivity index (χ1n) is 7.83. The smallest absolute Gasteiger partial charge is 0.227 e. The van der Waals surface area contributed by atoms with Gasteiger partial charge in [-0.05, 0) is 31.0 Å². The molecule has 1 atom stereocenters. The Labute approximate surface area is 135 Å². The molecule has 2 aromatic rings. The van der Waals surface area contributed by atoms with Crippen LogP contribution in [0.2, 0.25) is 0 Å². The van der Waals surface area contributed by atoms with Crippen LogP contribution in [-0.2, 0) is 17.8 Å². The van der Waals surface area contributed by atoms with Crippen LogP contribution in [0.5, 0.6) is 11.6 Å². The maximum atomic E-state index is 12.4. The summed E-state index contributed by atoms with van der Waals surface area (Å²) in [5.41, 5.74) is 1.95. The van der Waals surface area contributed by atoms with Gasteiger partial charge in [-0.2, -0.15) is 0 Å². The number of ether oxygens (including phenoxy) is 2. The predicted molar refractivity (Wildman–Crippen MR) is 86.4 cm³/mol. The van der Waals surface area contributed by atoms with Gasteiger partial charge in [0, 0.05) is 18.3 Å². The molecule has 1 aliphatic heterocycles. The summed E-state index contributed by atoms with van der Waals surface area (Å²) in [5.74, 6) is 1.27. The average molecular weight is 312 g/mol. The van der Waals surface area contributed by atoms with E-state index in [9.17, 15) is 4.79 Å². The van der Waals surface area contributed by atoms with Gasteiger partial charge in [0.25, 0.3) is 0 Å². The average Bonchev–Trinajstić information content (AvgIpc) is 2.60. The Morgan fingerprint density at radius 2 is 2.22 bits per heavy atom. The Kier molecular flexibility index (Phi) is 4.76. The van der Waals surface area contributed by atoms with Crippen molar-refractivity contribution in [3.8, 4) is 11.6 Å². The number of carbonyl (C=O) groups is 1. The number of nitrogens with zero attached hydrogens (tertiary/aromatic N) is 1. The zero-order valence-electron chi connectivity index (χ0n) is 13.1. The van der Waals surface area contributed by atoms with Crippen LogP contribution in [0.3, 0.4) is 0 Å². The van der Waals surface area contributed by atoms with Crippen molar-refractivity contribution in [3.63, 3.8) is 0 Å². The molecule has 3 rings (SSSR count). The Balaban J connectivity index is 1.60. The first-order valence-corrected chi connectivity index (χ1v) is 7.83. The zero-order chi connectivity index (χ0) is 16.1. The topological polar surface area (TPSA) is 60.5 Å². The van der Waals surface area contributed by atoms with Crippen LogP contribution in [0.25, 0.3) is 0 Å². The lowest BCUT2D eigenvalue weighted by Crippen LogP contribution is -2.37. The maximum Gasteiger partial charge on any atom is 0.227 e. The van der Waals surface area contributed by atoms with E-state index in [0.717, 1.165) is 16.9 Å². The van der Waals surface area contributed by atoms with E-state index in [1.807, 2.05) is 43.3 Å². The lowest BCUT2D eigenvalue weighted by Gasteiger charge is -2.24. The highest BCUT2D eigenvalue weighted by atomic mass is 16.5. The minimum absolute atomic E-state index is 0.00851. The van der Waals surface area contributed by atoms with Crippen LogP contribution in [-0.4, -0.2) is 24.1 Å². The van der Waals surface area contributed by atoms with Crippen LogP contribution in [0.1, 0.15) is 18.1 Å². The quantitative estimate of drug-likeness (QED) is 0.920. The van der Waals surface area contributed by atoms with Crippen molar-refractivity contribution in [2.24, 2.45) is 5.92 Å². The summed E-state index contributed by atoms with van der Waals surface area (Å²) in [6, 6.07) is 11.6. The highest BCUT2D eigenvalue weighted by Crippen LogP contribution is 2.27. The second kappa shape index (κ2) is 7.13. The molecule has 1 N–H and O–H groups in total. The molecule has 0 radical (unpaired) electrons. The number of nitrogens with one attached hydrogen (secondary N) is 1. The Bertz CT molecular complexity index is 687. The number of hydrogen-bond acceptors (Lipinski definition) is 4. The monoisotopic (exact) mass is 312 g/mol. The fourth-order valence-electron chi connectivity index (χ4n) is 2.65. The molecule has 2 heterocycles. The molecular formula is C18H20N2O3. The van der Waals surface area contributed by atoms with Crippen molar-refractivity contribution in [1.29, 1.82) is 0 Å². The summed E-state index contributed by atoms with van der Waals surface area (Å²) in [6.45, 7) is 3.27. The van der Waals surface area contributed by atoms with E-state index >= 15 is 0 Å². The molecule has 120 valence electrons. The Morgan fingerprint density at radius 3 is 3.09 bits per heavy atom. The third-order valence-corrected chi connectivity index (χ3v) is 3.83. The first kappa shape index (κ1) is 15.3. The van der Waals surface area contributed by atoms with Crippen molar-refractivity contribution < 1.29 is 14.3 Å². The summed E-state index contributed by atoms with van der Waals surface area (Å²) in [7, 11) is 0. The van der Waals surface area contributed by atoms with Crippen LogP contribution in [0.4, 0.5) is 0 Å². The van der Waals surface area contributed by atoms with Gasteiger partial charge in [-0.15, -0.1) is 0 Å². The molecule has 1 amide bonds. The molecule has 0 spiro atoms. The van der Waals surface area contributed by atoms with E-state index in [4.69, 9.17) is 9.47 Å². The molecule has 1 aromatic carbocycles. The van der Waals surface area contributed by atoms with Crippen LogP contribution in [0.15, 0.2) is 42.6 Å². The largest absolute Gasteiger partial charge is 0.492 e. The second-order valence-electron chi connectivity index (χ2n) is 5.44. The molecular weight excluding hydrogens is 292 g/mol. The van der Waals surface area contributed by atoms with E-state index in [0.29, 0.717) is 32.1 Å². The van der Waals surface area contributed by atoms with E-state index < -0.39 is 0 Å². The molecule has 5 nitrogen and oxygen atoms in total. The Hall–Kier alpha value is -2.56. The summed E-state index contributed by atoms with van der Waals surface area (Å²) in [6.07, 6.45) is 2.38. The van der Waals surface area contributed by atoms with Gasteiger partial charge in [0.2, 0.25) is 11.8 Å². The highest BCUT2D eigenvalue weighted by molar-refractivity contribution is 5.79. The number of carbonyl (C=O) groups excluding carboxylic acids is 1. The molecule has 0 unspecified atom stereocenters. The molecule has 0 bridgehead atoms. The number of pyridine rings is 1. The van der Waals surface area contributed by atoms with Gasteiger partial charge in [0.1, 0.15) is 12.4 Å². The van der Waals surface area contributed by atoms with Crippen molar-refractivity contribution in [1.82, 2.24) is 10.3 Å². The third-order valence-electron chi connectivity index (χ3n) is 3.83. The lowest BCUT2D eigenvalue weighted by molar-refractivity contribution is -0.126. The van der Waals surface area contributed by atoms with E-state index in [2.05, 4.69) is 10.3 Å². The Morgan fingerprint density at radius 1 is 1.35 bits per heavy atom. The van der Waals surface area contributed by atoms with Gasteiger partial charge in [-0.3, -0.25) is 4.79 Å². The predicted octanol–water partition coefficient (Wildman–Crippen LogP) is 2.35. The number of para-hydroxylation sites is 1. The number of aromatic nitrogens is 1. The van der Waals surface area contributed by atoms with Crippen LogP contribution in [0, 0.1) is 5.92 Å².